The van der Waals surface area contributed by atoms with Gasteiger partial charge in [-0.05, 0) is 76.3 Å². The Kier molecular flexibility index (Phi) is 7.07. The first kappa shape index (κ1) is 24.8. The summed E-state index contributed by atoms with van der Waals surface area (Å²) < 4.78 is 11.4. The Hall–Kier alpha value is -2.36. The van der Waals surface area contributed by atoms with Crippen LogP contribution in [0.25, 0.3) is 0 Å². The van der Waals surface area contributed by atoms with Crippen LogP contribution in [0.2, 0.25) is 0 Å². The molecule has 2 amide bonds. The standard InChI is InChI=1S/C25H37N3O6/c1-24(2,3)34-23(31)27-10-8-25(9-11-27)7-6-18(15-25)22(30)28-12-13-33-20-14-17(21(29)26-32)4-5-19(20)16-28/h4-5,14,18,22,30,32H,6-13,15-16H2,1-3H3,(H,26,29). The van der Waals surface area contributed by atoms with Crippen molar-refractivity contribution in [3.8, 4) is 5.75 Å². The third-order valence-electron chi connectivity index (χ3n) is 7.45. The molecular weight excluding hydrogens is 438 g/mol. The van der Waals surface area contributed by atoms with Crippen LogP contribution in [0.4, 0.5) is 4.79 Å². The van der Waals surface area contributed by atoms with E-state index in [-0.39, 0.29) is 17.4 Å². The Bertz CT molecular complexity index is 906. The first-order chi connectivity index (χ1) is 16.1. The minimum absolute atomic E-state index is 0.175. The van der Waals surface area contributed by atoms with Gasteiger partial charge in [0.05, 0.1) is 0 Å². The van der Waals surface area contributed by atoms with Gasteiger partial charge in [-0.1, -0.05) is 6.07 Å². The summed E-state index contributed by atoms with van der Waals surface area (Å²) in [5.74, 6) is 0.198. The number of piperidine rings is 1. The number of carbonyl (C=O) groups excluding carboxylic acids is 2. The number of ether oxygens (including phenoxy) is 2. The second kappa shape index (κ2) is 9.71. The largest absolute Gasteiger partial charge is 0.492 e. The zero-order valence-electron chi connectivity index (χ0n) is 20.4. The number of hydrogen-bond acceptors (Lipinski definition) is 7. The van der Waals surface area contributed by atoms with Crippen molar-refractivity contribution < 1.29 is 29.4 Å². The number of nitrogens with one attached hydrogen (secondary N) is 1. The maximum atomic E-state index is 12.4. The smallest absolute Gasteiger partial charge is 0.410 e. The predicted octanol–water partition coefficient (Wildman–Crippen LogP) is 3.14. The zero-order chi connectivity index (χ0) is 24.5. The molecule has 9 heteroatoms. The van der Waals surface area contributed by atoms with Gasteiger partial charge in [0.1, 0.15) is 24.2 Å². The number of benzene rings is 1. The molecule has 3 N–H and O–H groups in total. The fourth-order valence-corrected chi connectivity index (χ4v) is 5.57. The third-order valence-corrected chi connectivity index (χ3v) is 7.45. The number of nitrogens with zero attached hydrogens (tertiary/aromatic N) is 2. The molecule has 1 aromatic carbocycles. The molecule has 2 atom stereocenters. The molecule has 0 aromatic heterocycles. The Morgan fingerprint density at radius 2 is 1.94 bits per heavy atom. The summed E-state index contributed by atoms with van der Waals surface area (Å²) in [6.45, 7) is 8.60. The van der Waals surface area contributed by atoms with Crippen LogP contribution in [-0.4, -0.2) is 70.2 Å². The average Bonchev–Trinajstić information content (AvgIpc) is 3.08. The van der Waals surface area contributed by atoms with E-state index in [0.717, 1.165) is 37.7 Å². The number of hydrogen-bond donors (Lipinski definition) is 3. The van der Waals surface area contributed by atoms with Crippen molar-refractivity contribution >= 4 is 12.0 Å². The summed E-state index contributed by atoms with van der Waals surface area (Å²) in [6, 6.07) is 5.08. The van der Waals surface area contributed by atoms with Crippen molar-refractivity contribution in [3.05, 3.63) is 29.3 Å². The molecule has 1 saturated heterocycles. The highest BCUT2D eigenvalue weighted by molar-refractivity contribution is 5.93. The van der Waals surface area contributed by atoms with Crippen LogP contribution in [0.1, 0.15) is 68.8 Å². The number of carbonyl (C=O) groups is 2. The Labute approximate surface area is 201 Å². The van der Waals surface area contributed by atoms with Crippen LogP contribution in [0.5, 0.6) is 5.75 Å². The van der Waals surface area contributed by atoms with Gasteiger partial charge in [-0.3, -0.25) is 14.9 Å². The van der Waals surface area contributed by atoms with Gasteiger partial charge in [0.25, 0.3) is 5.91 Å². The second-order valence-corrected chi connectivity index (χ2v) is 11.0. The molecule has 1 aromatic rings. The van der Waals surface area contributed by atoms with Gasteiger partial charge in [-0.2, -0.15) is 0 Å². The quantitative estimate of drug-likeness (QED) is 0.455. The van der Waals surface area contributed by atoms with Crippen molar-refractivity contribution in [2.45, 2.75) is 71.2 Å². The van der Waals surface area contributed by atoms with Crippen LogP contribution in [0.3, 0.4) is 0 Å². The highest BCUT2D eigenvalue weighted by atomic mass is 16.6. The van der Waals surface area contributed by atoms with Crippen molar-refractivity contribution in [2.75, 3.05) is 26.2 Å². The number of fused-ring (bicyclic) bond motifs is 1. The van der Waals surface area contributed by atoms with E-state index in [1.54, 1.807) is 17.6 Å². The van der Waals surface area contributed by atoms with Crippen LogP contribution < -0.4 is 10.2 Å². The average molecular weight is 476 g/mol. The van der Waals surface area contributed by atoms with Crippen molar-refractivity contribution in [2.24, 2.45) is 11.3 Å². The Balaban J connectivity index is 1.35. The number of rotatable bonds is 3. The minimum Gasteiger partial charge on any atom is -0.492 e. The zero-order valence-corrected chi connectivity index (χ0v) is 20.4. The second-order valence-electron chi connectivity index (χ2n) is 11.0. The normalized spacial score (nSPS) is 23.6. The van der Waals surface area contributed by atoms with Crippen LogP contribution in [0.15, 0.2) is 18.2 Å². The first-order valence-corrected chi connectivity index (χ1v) is 12.2. The fourth-order valence-electron chi connectivity index (χ4n) is 5.57. The molecule has 1 spiro atoms. The van der Waals surface area contributed by atoms with Gasteiger partial charge in [0.15, 0.2) is 0 Å². The number of likely N-dealkylation sites (tertiary alicyclic amines) is 1. The maximum absolute atomic E-state index is 12.4. The lowest BCUT2D eigenvalue weighted by molar-refractivity contribution is -0.0501. The molecule has 2 aliphatic heterocycles. The number of aliphatic hydroxyl groups excluding tert-OH is 1. The summed E-state index contributed by atoms with van der Waals surface area (Å²) in [6.07, 6.45) is 4.06. The molecule has 0 bridgehead atoms. The highest BCUT2D eigenvalue weighted by Crippen LogP contribution is 2.50. The molecule has 4 rings (SSSR count). The third kappa shape index (κ3) is 5.47. The highest BCUT2D eigenvalue weighted by Gasteiger charge is 2.45. The molecule has 1 saturated carbocycles. The molecule has 3 aliphatic rings. The summed E-state index contributed by atoms with van der Waals surface area (Å²) >= 11 is 0. The molecule has 188 valence electrons. The van der Waals surface area contributed by atoms with E-state index in [9.17, 15) is 14.7 Å². The van der Waals surface area contributed by atoms with E-state index in [4.69, 9.17) is 14.7 Å². The number of amides is 2. The first-order valence-electron chi connectivity index (χ1n) is 12.2. The van der Waals surface area contributed by atoms with Crippen molar-refractivity contribution in [1.82, 2.24) is 15.3 Å². The monoisotopic (exact) mass is 475 g/mol. The molecular formula is C25H37N3O6. The van der Waals surface area contributed by atoms with Gasteiger partial charge >= 0.3 is 6.09 Å². The van der Waals surface area contributed by atoms with Gasteiger partial charge < -0.3 is 19.5 Å². The molecule has 9 nitrogen and oxygen atoms in total. The number of aliphatic hydroxyl groups is 1. The van der Waals surface area contributed by atoms with Crippen LogP contribution in [0, 0.1) is 11.3 Å². The van der Waals surface area contributed by atoms with E-state index in [1.807, 2.05) is 31.7 Å². The Morgan fingerprint density at radius 1 is 1.21 bits per heavy atom. The molecule has 2 unspecified atom stereocenters. The topological polar surface area (TPSA) is 112 Å². The van der Waals surface area contributed by atoms with Gasteiger partial charge in [0.2, 0.25) is 0 Å². The fraction of sp³-hybridized carbons (Fsp3) is 0.680. The predicted molar refractivity (Wildman–Crippen MR) is 124 cm³/mol. The van der Waals surface area contributed by atoms with Crippen LogP contribution in [-0.2, 0) is 11.3 Å². The van der Waals surface area contributed by atoms with Crippen molar-refractivity contribution in [3.63, 3.8) is 0 Å². The maximum Gasteiger partial charge on any atom is 0.410 e. The van der Waals surface area contributed by atoms with E-state index in [0.29, 0.717) is 44.1 Å². The summed E-state index contributed by atoms with van der Waals surface area (Å²) in [5, 5.41) is 20.1. The van der Waals surface area contributed by atoms with E-state index >= 15 is 0 Å². The van der Waals surface area contributed by atoms with Gasteiger partial charge in [-0.15, -0.1) is 0 Å². The van der Waals surface area contributed by atoms with E-state index < -0.39 is 17.7 Å². The molecule has 2 fully saturated rings. The molecule has 34 heavy (non-hydrogen) atoms. The van der Waals surface area contributed by atoms with E-state index in [2.05, 4.69) is 4.90 Å². The van der Waals surface area contributed by atoms with Gasteiger partial charge in [-0.25, -0.2) is 10.3 Å². The minimum atomic E-state index is -0.582. The van der Waals surface area contributed by atoms with Crippen LogP contribution >= 0.6 is 0 Å². The van der Waals surface area contributed by atoms with Gasteiger partial charge in [0, 0.05) is 37.3 Å². The Morgan fingerprint density at radius 3 is 2.62 bits per heavy atom. The molecule has 0 radical (unpaired) electrons. The lowest BCUT2D eigenvalue weighted by atomic mass is 9.76. The molecule has 2 heterocycles. The van der Waals surface area contributed by atoms with Crippen molar-refractivity contribution in [1.29, 1.82) is 0 Å². The number of hydroxylamine groups is 1. The molecule has 1 aliphatic carbocycles. The summed E-state index contributed by atoms with van der Waals surface area (Å²) in [4.78, 5) is 28.0. The SMILES string of the molecule is CC(C)(C)OC(=O)N1CCC2(CCC(C(O)N3CCOc4cc(C(=O)NO)ccc4C3)C2)CC1. The van der Waals surface area contributed by atoms with E-state index in [1.165, 1.54) is 0 Å². The lowest BCUT2D eigenvalue weighted by Gasteiger charge is -2.40. The summed E-state index contributed by atoms with van der Waals surface area (Å²) in [5.41, 5.74) is 2.56. The lowest BCUT2D eigenvalue weighted by Crippen LogP contribution is -2.45. The summed E-state index contributed by atoms with van der Waals surface area (Å²) in [7, 11) is 0.